The fourth-order valence-electron chi connectivity index (χ4n) is 1.62. The van der Waals surface area contributed by atoms with Crippen LogP contribution in [0.25, 0.3) is 0 Å². The number of nitrogens with zero attached hydrogens (tertiary/aromatic N) is 5. The molecule has 0 saturated heterocycles. The van der Waals surface area contributed by atoms with Gasteiger partial charge >= 0.3 is 5.97 Å². The predicted octanol–water partition coefficient (Wildman–Crippen LogP) is -0.254. The Morgan fingerprint density at radius 2 is 2.17 bits per heavy atom. The fraction of sp³-hybridized carbons (Fsp3) is 0.727. The highest BCUT2D eigenvalue weighted by molar-refractivity contribution is 5.69. The summed E-state index contributed by atoms with van der Waals surface area (Å²) in [7, 11) is 3.93. The summed E-state index contributed by atoms with van der Waals surface area (Å²) in [5.74, 6) is -0.0196. The lowest BCUT2D eigenvalue weighted by molar-refractivity contribution is -0.138. The molecule has 0 aliphatic heterocycles. The smallest absolute Gasteiger partial charge is 0.317 e. The minimum Gasteiger partial charge on any atom is -0.480 e. The fourth-order valence-corrected chi connectivity index (χ4v) is 1.62. The van der Waals surface area contributed by atoms with Gasteiger partial charge in [0.1, 0.15) is 12.2 Å². The molecule has 1 aromatic heterocycles. The van der Waals surface area contributed by atoms with Gasteiger partial charge in [-0.1, -0.05) is 0 Å². The van der Waals surface area contributed by atoms with E-state index in [0.29, 0.717) is 13.1 Å². The third-order valence-corrected chi connectivity index (χ3v) is 2.58. The third kappa shape index (κ3) is 4.80. The number of hydrogen-bond donors (Lipinski definition) is 1. The number of aliphatic carboxylic acids is 1. The minimum absolute atomic E-state index is 0.0183. The van der Waals surface area contributed by atoms with Gasteiger partial charge in [-0.2, -0.15) is 5.10 Å². The molecule has 1 aromatic rings. The van der Waals surface area contributed by atoms with Crippen LogP contribution in [-0.2, 0) is 17.9 Å². The average Bonchev–Trinajstić information content (AvgIpc) is 2.72. The summed E-state index contributed by atoms with van der Waals surface area (Å²) >= 11 is 0. The monoisotopic (exact) mass is 255 g/mol. The van der Waals surface area contributed by atoms with Crippen LogP contribution >= 0.6 is 0 Å². The first-order valence-electron chi connectivity index (χ1n) is 5.98. The zero-order chi connectivity index (χ0) is 13.5. The molecule has 0 aliphatic carbocycles. The molecule has 0 atom stereocenters. The minimum atomic E-state index is -0.823. The van der Waals surface area contributed by atoms with Crippen LogP contribution in [0.4, 0.5) is 0 Å². The molecule has 1 N–H and O–H groups in total. The van der Waals surface area contributed by atoms with E-state index in [1.165, 1.54) is 6.33 Å². The van der Waals surface area contributed by atoms with Crippen molar-refractivity contribution < 1.29 is 9.90 Å². The van der Waals surface area contributed by atoms with Crippen LogP contribution in [0.1, 0.15) is 12.7 Å². The molecule has 1 heterocycles. The Morgan fingerprint density at radius 3 is 2.72 bits per heavy atom. The van der Waals surface area contributed by atoms with Crippen molar-refractivity contribution in [3.05, 3.63) is 12.2 Å². The average molecular weight is 255 g/mol. The van der Waals surface area contributed by atoms with Crippen LogP contribution < -0.4 is 0 Å². The molecule has 1 rings (SSSR count). The maximum atomic E-state index is 10.8. The van der Waals surface area contributed by atoms with Gasteiger partial charge in [0, 0.05) is 19.6 Å². The Kier molecular flexibility index (Phi) is 5.73. The molecule has 0 spiro atoms. The van der Waals surface area contributed by atoms with Gasteiger partial charge in [0.25, 0.3) is 0 Å². The lowest BCUT2D eigenvalue weighted by atomic mass is 10.4. The van der Waals surface area contributed by atoms with E-state index in [1.807, 2.05) is 30.8 Å². The molecule has 7 heteroatoms. The summed E-state index contributed by atoms with van der Waals surface area (Å²) in [6.07, 6.45) is 1.50. The normalized spacial score (nSPS) is 11.4. The van der Waals surface area contributed by atoms with E-state index in [4.69, 9.17) is 5.11 Å². The SMILES string of the molecule is CCn1ncnc1CN(CCN(C)C)CC(=O)O. The largest absolute Gasteiger partial charge is 0.480 e. The van der Waals surface area contributed by atoms with Gasteiger partial charge in [-0.15, -0.1) is 0 Å². The molecule has 0 fully saturated rings. The standard InChI is InChI=1S/C11H21N5O2/c1-4-16-10(12-9-13-16)7-15(8-11(17)18)6-5-14(2)3/h9H,4-8H2,1-3H3,(H,17,18). The van der Waals surface area contributed by atoms with Crippen LogP contribution in [0.5, 0.6) is 0 Å². The van der Waals surface area contributed by atoms with Crippen LogP contribution in [0, 0.1) is 0 Å². The number of hydrogen-bond acceptors (Lipinski definition) is 5. The summed E-state index contributed by atoms with van der Waals surface area (Å²) < 4.78 is 1.78. The van der Waals surface area contributed by atoms with Gasteiger partial charge in [0.05, 0.1) is 13.1 Å². The van der Waals surface area contributed by atoms with Crippen molar-refractivity contribution in [2.45, 2.75) is 20.0 Å². The van der Waals surface area contributed by atoms with Gasteiger partial charge in [0.15, 0.2) is 0 Å². The summed E-state index contributed by atoms with van der Waals surface area (Å²) in [5, 5.41) is 13.0. The lowest BCUT2D eigenvalue weighted by Crippen LogP contribution is -2.36. The molecule has 0 unspecified atom stereocenters. The van der Waals surface area contributed by atoms with Gasteiger partial charge in [-0.25, -0.2) is 9.67 Å². The van der Waals surface area contributed by atoms with E-state index in [2.05, 4.69) is 10.1 Å². The number of aryl methyl sites for hydroxylation is 1. The Hall–Kier alpha value is -1.47. The summed E-state index contributed by atoms with van der Waals surface area (Å²) in [5.41, 5.74) is 0. The molecule has 0 saturated carbocycles. The number of carboxylic acids is 1. The van der Waals surface area contributed by atoms with Crippen LogP contribution in [0.2, 0.25) is 0 Å². The highest BCUT2D eigenvalue weighted by Crippen LogP contribution is 2.01. The van der Waals surface area contributed by atoms with Gasteiger partial charge in [-0.3, -0.25) is 9.69 Å². The molecular formula is C11H21N5O2. The maximum absolute atomic E-state index is 10.8. The maximum Gasteiger partial charge on any atom is 0.317 e. The van der Waals surface area contributed by atoms with Crippen LogP contribution in [-0.4, -0.2) is 69.4 Å². The first-order chi connectivity index (χ1) is 8.52. The number of carboxylic acid groups (broad SMARTS) is 1. The highest BCUT2D eigenvalue weighted by Gasteiger charge is 2.13. The summed E-state index contributed by atoms with van der Waals surface area (Å²) in [4.78, 5) is 18.9. The van der Waals surface area contributed by atoms with Crippen molar-refractivity contribution in [2.24, 2.45) is 0 Å². The second-order valence-electron chi connectivity index (χ2n) is 4.40. The quantitative estimate of drug-likeness (QED) is 0.690. The summed E-state index contributed by atoms with van der Waals surface area (Å²) in [6, 6.07) is 0. The predicted molar refractivity (Wildman–Crippen MR) is 67.2 cm³/mol. The molecular weight excluding hydrogens is 234 g/mol. The van der Waals surface area contributed by atoms with Gasteiger partial charge in [0.2, 0.25) is 0 Å². The zero-order valence-electron chi connectivity index (χ0n) is 11.2. The molecule has 0 radical (unpaired) electrons. The van der Waals surface area contributed by atoms with Crippen LogP contribution in [0.15, 0.2) is 6.33 Å². The number of carbonyl (C=O) groups is 1. The second kappa shape index (κ2) is 7.07. The van der Waals surface area contributed by atoms with Crippen molar-refractivity contribution in [1.29, 1.82) is 0 Å². The number of likely N-dealkylation sites (N-methyl/N-ethyl adjacent to an activating group) is 1. The highest BCUT2D eigenvalue weighted by atomic mass is 16.4. The van der Waals surface area contributed by atoms with Crippen molar-refractivity contribution in [3.63, 3.8) is 0 Å². The first-order valence-corrected chi connectivity index (χ1v) is 5.98. The number of aromatic nitrogens is 3. The first kappa shape index (κ1) is 14.6. The third-order valence-electron chi connectivity index (χ3n) is 2.58. The van der Waals surface area contributed by atoms with E-state index >= 15 is 0 Å². The van der Waals surface area contributed by atoms with Crippen molar-refractivity contribution >= 4 is 5.97 Å². The van der Waals surface area contributed by atoms with Gasteiger partial charge in [-0.05, 0) is 21.0 Å². The Morgan fingerprint density at radius 1 is 1.44 bits per heavy atom. The Bertz CT molecular complexity index is 377. The van der Waals surface area contributed by atoms with E-state index in [0.717, 1.165) is 18.9 Å². The van der Waals surface area contributed by atoms with Crippen molar-refractivity contribution in [3.8, 4) is 0 Å². The van der Waals surface area contributed by atoms with E-state index in [9.17, 15) is 4.79 Å². The van der Waals surface area contributed by atoms with Crippen LogP contribution in [0.3, 0.4) is 0 Å². The molecule has 18 heavy (non-hydrogen) atoms. The molecule has 0 bridgehead atoms. The van der Waals surface area contributed by atoms with E-state index < -0.39 is 5.97 Å². The molecule has 7 nitrogen and oxygen atoms in total. The molecule has 0 aliphatic rings. The number of rotatable bonds is 8. The second-order valence-corrected chi connectivity index (χ2v) is 4.40. The van der Waals surface area contributed by atoms with E-state index in [1.54, 1.807) is 4.68 Å². The van der Waals surface area contributed by atoms with Gasteiger partial charge < -0.3 is 10.0 Å². The van der Waals surface area contributed by atoms with E-state index in [-0.39, 0.29) is 6.54 Å². The molecule has 0 amide bonds. The topological polar surface area (TPSA) is 74.5 Å². The summed E-state index contributed by atoms with van der Waals surface area (Å²) in [6.45, 7) is 4.76. The zero-order valence-corrected chi connectivity index (χ0v) is 11.2. The Labute approximate surface area is 107 Å². The van der Waals surface area contributed by atoms with Crippen molar-refractivity contribution in [1.82, 2.24) is 24.6 Å². The Balaban J connectivity index is 2.62. The lowest BCUT2D eigenvalue weighted by Gasteiger charge is -2.21. The van der Waals surface area contributed by atoms with Crippen molar-refractivity contribution in [2.75, 3.05) is 33.7 Å². The molecule has 102 valence electrons. The molecule has 0 aromatic carbocycles.